The van der Waals surface area contributed by atoms with Gasteiger partial charge in [-0.1, -0.05) is 23.7 Å². The molecule has 2 heterocycles. The Balaban J connectivity index is 1.57. The number of amides is 3. The van der Waals surface area contributed by atoms with Crippen molar-refractivity contribution in [3.8, 4) is 0 Å². The average molecular weight is 547 g/mol. The normalized spacial score (nSPS) is 17.1. The molecule has 38 heavy (non-hydrogen) atoms. The van der Waals surface area contributed by atoms with Gasteiger partial charge in [-0.05, 0) is 31.2 Å². The molecule has 0 spiro atoms. The fraction of sp³-hybridized carbons (Fsp3) is 0.308. The number of carbonyl (C=O) groups is 4. The van der Waals surface area contributed by atoms with Crippen molar-refractivity contribution >= 4 is 51.7 Å². The molecule has 1 aliphatic rings. The number of hydrogen-bond acceptors (Lipinski definition) is 5. The zero-order valence-corrected chi connectivity index (χ0v) is 21.3. The molecular weight excluding hydrogens is 522 g/mol. The third-order valence-electron chi connectivity index (χ3n) is 6.45. The van der Waals surface area contributed by atoms with Gasteiger partial charge in [0.05, 0.1) is 22.8 Å². The quantitative estimate of drug-likeness (QED) is 0.267. The first-order valence-corrected chi connectivity index (χ1v) is 12.1. The number of hydroxylamine groups is 1. The van der Waals surface area contributed by atoms with Crippen LogP contribution in [0.5, 0.6) is 0 Å². The van der Waals surface area contributed by atoms with Crippen molar-refractivity contribution in [2.45, 2.75) is 45.6 Å². The summed E-state index contributed by atoms with van der Waals surface area (Å²) in [5.41, 5.74) is 0.972. The van der Waals surface area contributed by atoms with Crippen molar-refractivity contribution in [1.82, 2.24) is 14.8 Å². The Hall–Kier alpha value is -3.83. The van der Waals surface area contributed by atoms with Crippen LogP contribution in [-0.4, -0.2) is 56.9 Å². The smallest absolute Gasteiger partial charge is 0.247 e. The van der Waals surface area contributed by atoms with Crippen LogP contribution < -0.4 is 10.4 Å². The highest BCUT2D eigenvalue weighted by molar-refractivity contribution is 6.30. The van der Waals surface area contributed by atoms with Gasteiger partial charge in [-0.3, -0.25) is 24.4 Å². The first kappa shape index (κ1) is 27.2. The first-order valence-electron chi connectivity index (χ1n) is 11.8. The number of rotatable bonds is 7. The van der Waals surface area contributed by atoms with E-state index >= 15 is 0 Å². The Bertz CT molecular complexity index is 1440. The summed E-state index contributed by atoms with van der Waals surface area (Å²) in [6.45, 7) is 1.70. The molecule has 1 fully saturated rings. The van der Waals surface area contributed by atoms with Crippen LogP contribution in [0.2, 0.25) is 5.02 Å². The van der Waals surface area contributed by atoms with Crippen LogP contribution >= 0.6 is 11.6 Å². The summed E-state index contributed by atoms with van der Waals surface area (Å²) in [6, 6.07) is 7.69. The zero-order valence-electron chi connectivity index (χ0n) is 20.6. The van der Waals surface area contributed by atoms with Crippen LogP contribution in [0.4, 0.5) is 14.5 Å². The van der Waals surface area contributed by atoms with Crippen LogP contribution in [0.15, 0.2) is 42.6 Å². The number of nitrogens with one attached hydrogen (secondary N) is 1. The van der Waals surface area contributed by atoms with Gasteiger partial charge >= 0.3 is 0 Å². The minimum absolute atomic E-state index is 0.0992. The minimum Gasteiger partial charge on any atom is -0.350 e. The molecule has 0 saturated carbocycles. The molecule has 1 aliphatic heterocycles. The highest BCUT2D eigenvalue weighted by atomic mass is 35.5. The van der Waals surface area contributed by atoms with Crippen LogP contribution in [0.25, 0.3) is 10.9 Å². The van der Waals surface area contributed by atoms with E-state index < -0.39 is 35.8 Å². The fourth-order valence-corrected chi connectivity index (χ4v) is 4.73. The number of alkyl halides is 1. The Morgan fingerprint density at radius 3 is 2.61 bits per heavy atom. The lowest BCUT2D eigenvalue weighted by atomic mass is 10.1. The monoisotopic (exact) mass is 546 g/mol. The number of likely N-dealkylation sites (tertiary alicyclic amines) is 1. The van der Waals surface area contributed by atoms with E-state index in [1.807, 2.05) is 0 Å². The Labute approximate surface area is 221 Å². The van der Waals surface area contributed by atoms with E-state index in [0.29, 0.717) is 21.5 Å². The molecule has 3 amide bonds. The van der Waals surface area contributed by atoms with Gasteiger partial charge in [-0.15, -0.1) is 0 Å². The predicted octanol–water partition coefficient (Wildman–Crippen LogP) is 3.63. The maximum Gasteiger partial charge on any atom is 0.247 e. The van der Waals surface area contributed by atoms with Gasteiger partial charge in [0.25, 0.3) is 0 Å². The standard InChI is InChI=1S/C26H25ClF2N4O5/c1-14(34)20-12-31(22-9-18(6-7-19(20)22)33(38)15(2)35)13-24(36)32-11-17(28)8-23(32)26(37)30-10-16-4-3-5-21(27)25(16)29/h3-7,9,12,17,23,38H,8,10-11,13H2,1-2H3,(H,30,37)/t17-,23+/m1/s1. The van der Waals surface area contributed by atoms with E-state index in [2.05, 4.69) is 5.32 Å². The lowest BCUT2D eigenvalue weighted by Crippen LogP contribution is -2.46. The molecule has 0 aliphatic carbocycles. The van der Waals surface area contributed by atoms with Crippen molar-refractivity contribution < 1.29 is 33.2 Å². The van der Waals surface area contributed by atoms with Gasteiger partial charge < -0.3 is 14.8 Å². The number of fused-ring (bicyclic) bond motifs is 1. The number of hydrogen-bond donors (Lipinski definition) is 2. The van der Waals surface area contributed by atoms with Gasteiger partial charge in [0.1, 0.15) is 24.6 Å². The van der Waals surface area contributed by atoms with Gasteiger partial charge in [0.2, 0.25) is 17.7 Å². The number of Topliss-reactive ketones (excluding diaryl/α,β-unsaturated/α-hetero) is 1. The lowest BCUT2D eigenvalue weighted by molar-refractivity contribution is -0.139. The van der Waals surface area contributed by atoms with Gasteiger partial charge in [0, 0.05) is 42.6 Å². The van der Waals surface area contributed by atoms with Gasteiger partial charge in [0.15, 0.2) is 5.78 Å². The van der Waals surface area contributed by atoms with Gasteiger partial charge in [-0.25, -0.2) is 8.78 Å². The van der Waals surface area contributed by atoms with Gasteiger partial charge in [-0.2, -0.15) is 5.06 Å². The van der Waals surface area contributed by atoms with Crippen molar-refractivity contribution in [3.63, 3.8) is 0 Å². The van der Waals surface area contributed by atoms with Crippen molar-refractivity contribution in [3.05, 3.63) is 64.6 Å². The Kier molecular flexibility index (Phi) is 7.79. The molecule has 0 radical (unpaired) electrons. The number of nitrogens with zero attached hydrogens (tertiary/aromatic N) is 3. The van der Waals surface area contributed by atoms with E-state index in [1.165, 1.54) is 54.9 Å². The number of aromatic nitrogens is 1. The third kappa shape index (κ3) is 5.39. The number of halogens is 3. The van der Waals surface area contributed by atoms with Crippen LogP contribution in [0, 0.1) is 5.82 Å². The Morgan fingerprint density at radius 2 is 1.92 bits per heavy atom. The molecule has 0 bridgehead atoms. The van der Waals surface area contributed by atoms with Crippen LogP contribution in [0.1, 0.15) is 36.2 Å². The molecule has 9 nitrogen and oxygen atoms in total. The molecule has 1 aromatic heterocycles. The van der Waals surface area contributed by atoms with Crippen molar-refractivity contribution in [2.24, 2.45) is 0 Å². The molecule has 1 saturated heterocycles. The molecule has 12 heteroatoms. The number of carbonyl (C=O) groups excluding carboxylic acids is 4. The maximum atomic E-state index is 14.4. The van der Waals surface area contributed by atoms with Crippen molar-refractivity contribution in [2.75, 3.05) is 11.6 Å². The molecule has 200 valence electrons. The number of ketones is 1. The van der Waals surface area contributed by atoms with E-state index in [4.69, 9.17) is 11.6 Å². The summed E-state index contributed by atoms with van der Waals surface area (Å²) < 4.78 is 30.0. The summed E-state index contributed by atoms with van der Waals surface area (Å²) >= 11 is 5.78. The summed E-state index contributed by atoms with van der Waals surface area (Å²) in [6.07, 6.45) is -0.190. The topological polar surface area (TPSA) is 112 Å². The summed E-state index contributed by atoms with van der Waals surface area (Å²) in [4.78, 5) is 51.1. The second-order valence-corrected chi connectivity index (χ2v) is 9.49. The highest BCUT2D eigenvalue weighted by Crippen LogP contribution is 2.28. The second kappa shape index (κ2) is 10.9. The summed E-state index contributed by atoms with van der Waals surface area (Å²) in [7, 11) is 0. The average Bonchev–Trinajstić information content (AvgIpc) is 3.44. The first-order chi connectivity index (χ1) is 18.0. The predicted molar refractivity (Wildman–Crippen MR) is 135 cm³/mol. The number of anilines is 1. The maximum absolute atomic E-state index is 14.4. The third-order valence-corrected chi connectivity index (χ3v) is 6.74. The summed E-state index contributed by atoms with van der Waals surface area (Å²) in [5, 5.41) is 13.4. The molecule has 2 atom stereocenters. The summed E-state index contributed by atoms with van der Waals surface area (Å²) in [5.74, 6) is -2.80. The molecular formula is C26H25ClF2N4O5. The van der Waals surface area contributed by atoms with E-state index in [0.717, 1.165) is 4.90 Å². The Morgan fingerprint density at radius 1 is 1.18 bits per heavy atom. The van der Waals surface area contributed by atoms with E-state index in [9.17, 15) is 33.2 Å². The lowest BCUT2D eigenvalue weighted by Gasteiger charge is -2.24. The van der Waals surface area contributed by atoms with E-state index in [1.54, 1.807) is 6.07 Å². The molecule has 3 aromatic rings. The minimum atomic E-state index is -1.43. The van der Waals surface area contributed by atoms with E-state index in [-0.39, 0.29) is 48.1 Å². The highest BCUT2D eigenvalue weighted by Gasteiger charge is 2.39. The fourth-order valence-electron chi connectivity index (χ4n) is 4.54. The largest absolute Gasteiger partial charge is 0.350 e. The van der Waals surface area contributed by atoms with Crippen molar-refractivity contribution in [1.29, 1.82) is 0 Å². The SMILES string of the molecule is CC(=O)c1cn(CC(=O)N2C[C@H](F)C[C@H]2C(=O)NCc2cccc(Cl)c2F)c2cc(N(O)C(C)=O)ccc12. The molecule has 0 unspecified atom stereocenters. The second-order valence-electron chi connectivity index (χ2n) is 9.08. The molecule has 4 rings (SSSR count). The zero-order chi connectivity index (χ0) is 27.7. The molecule has 2 aromatic carbocycles. The number of benzene rings is 2. The molecule has 2 N–H and O–H groups in total. The van der Waals surface area contributed by atoms with Crippen LogP contribution in [0.3, 0.4) is 0 Å². The van der Waals surface area contributed by atoms with Crippen LogP contribution in [-0.2, 0) is 27.5 Å².